The lowest BCUT2D eigenvalue weighted by molar-refractivity contribution is -0.111. The van der Waals surface area contributed by atoms with Gasteiger partial charge in [-0.05, 0) is 36.4 Å². The number of rotatable bonds is 8. The maximum atomic E-state index is 11.7. The highest BCUT2D eigenvalue weighted by Gasteiger charge is 2.19. The number of aromatic amines is 1. The Kier molecular flexibility index (Phi) is 7.30. The standard InChI is InChI=1S/C28H27N7O3/c1-34(2)20-9-5-17(6-10-20)25-26(18-7-11-21(12-8-18)35(3)4)33-28(32-25)19-13-22(30-16-36)27(38)23(14-19)31-24(37)15-29/h5-14,16,38H,1-4H3,(H,30,36)(H,31,37)(H,32,33). The Morgan fingerprint density at radius 1 is 0.921 bits per heavy atom. The zero-order chi connectivity index (χ0) is 27.4. The molecular weight excluding hydrogens is 482 g/mol. The highest BCUT2D eigenvalue weighted by atomic mass is 16.3. The monoisotopic (exact) mass is 509 g/mol. The van der Waals surface area contributed by atoms with E-state index in [1.807, 2.05) is 86.5 Å². The van der Waals surface area contributed by atoms with Gasteiger partial charge in [-0.2, -0.15) is 5.26 Å². The molecule has 4 rings (SSSR count). The molecule has 38 heavy (non-hydrogen) atoms. The molecule has 1 heterocycles. The number of aromatic nitrogens is 2. The number of nitrogens with zero attached hydrogens (tertiary/aromatic N) is 4. The van der Waals surface area contributed by atoms with Gasteiger partial charge in [0.1, 0.15) is 5.82 Å². The van der Waals surface area contributed by atoms with Crippen LogP contribution in [0.15, 0.2) is 60.7 Å². The van der Waals surface area contributed by atoms with Crippen molar-refractivity contribution in [2.75, 3.05) is 48.6 Å². The van der Waals surface area contributed by atoms with Gasteiger partial charge in [0, 0.05) is 56.3 Å². The quantitative estimate of drug-likeness (QED) is 0.158. The van der Waals surface area contributed by atoms with Crippen molar-refractivity contribution in [2.24, 2.45) is 0 Å². The summed E-state index contributed by atoms with van der Waals surface area (Å²) in [5.74, 6) is -0.905. The summed E-state index contributed by atoms with van der Waals surface area (Å²) in [7, 11) is 7.88. The fraction of sp³-hybridized carbons (Fsp3) is 0.143. The molecule has 3 aromatic carbocycles. The van der Waals surface area contributed by atoms with Crippen molar-refractivity contribution in [1.29, 1.82) is 5.26 Å². The molecule has 0 aliphatic rings. The second-order valence-electron chi connectivity index (χ2n) is 8.94. The molecule has 4 aromatic rings. The summed E-state index contributed by atoms with van der Waals surface area (Å²) >= 11 is 0. The van der Waals surface area contributed by atoms with Crippen LogP contribution in [0.4, 0.5) is 22.7 Å². The third kappa shape index (κ3) is 5.27. The molecule has 0 saturated carbocycles. The third-order valence-corrected chi connectivity index (χ3v) is 5.98. The number of carbonyl (C=O) groups is 2. The summed E-state index contributed by atoms with van der Waals surface area (Å²) in [5.41, 5.74) is 5.83. The molecule has 10 nitrogen and oxygen atoms in total. The zero-order valence-corrected chi connectivity index (χ0v) is 21.4. The first-order valence-corrected chi connectivity index (χ1v) is 11.7. The number of nitrogens with one attached hydrogen (secondary N) is 3. The number of nitriles is 1. The van der Waals surface area contributed by atoms with Gasteiger partial charge in [-0.1, -0.05) is 24.3 Å². The number of carbonyl (C=O) groups excluding carboxylic acids is 2. The van der Waals surface area contributed by atoms with E-state index in [1.54, 1.807) is 0 Å². The van der Waals surface area contributed by atoms with E-state index >= 15 is 0 Å². The molecule has 192 valence electrons. The Morgan fingerprint density at radius 3 is 2.00 bits per heavy atom. The number of aromatic hydroxyl groups is 1. The highest BCUT2D eigenvalue weighted by molar-refractivity contribution is 6.04. The summed E-state index contributed by atoms with van der Waals surface area (Å²) in [6.07, 6.45) is 0.409. The summed E-state index contributed by atoms with van der Waals surface area (Å²) in [6, 6.07) is 20.5. The van der Waals surface area contributed by atoms with Crippen LogP contribution in [0.3, 0.4) is 0 Å². The van der Waals surface area contributed by atoms with E-state index in [1.165, 1.54) is 18.2 Å². The average Bonchev–Trinajstić information content (AvgIpc) is 3.36. The van der Waals surface area contributed by atoms with E-state index < -0.39 is 5.91 Å². The molecule has 0 atom stereocenters. The number of anilines is 4. The van der Waals surface area contributed by atoms with Crippen LogP contribution in [0, 0.1) is 11.3 Å². The minimum Gasteiger partial charge on any atom is -0.504 e. The van der Waals surface area contributed by atoms with Gasteiger partial charge in [0.2, 0.25) is 6.41 Å². The predicted molar refractivity (Wildman–Crippen MR) is 149 cm³/mol. The Hall–Kier alpha value is -5.30. The lowest BCUT2D eigenvalue weighted by atomic mass is 10.0. The number of amides is 2. The number of H-pyrrole nitrogens is 1. The lowest BCUT2D eigenvalue weighted by Crippen LogP contribution is -2.09. The molecule has 0 aliphatic heterocycles. The van der Waals surface area contributed by atoms with Crippen molar-refractivity contribution in [3.8, 4) is 45.7 Å². The van der Waals surface area contributed by atoms with Crippen LogP contribution in [0.25, 0.3) is 33.9 Å². The van der Waals surface area contributed by atoms with Gasteiger partial charge >= 0.3 is 5.91 Å². The molecule has 4 N–H and O–H groups in total. The average molecular weight is 510 g/mol. The molecule has 2 amide bonds. The van der Waals surface area contributed by atoms with Crippen LogP contribution < -0.4 is 20.4 Å². The summed E-state index contributed by atoms with van der Waals surface area (Å²) in [5, 5.41) is 24.2. The Labute approximate surface area is 220 Å². The predicted octanol–water partition coefficient (Wildman–Crippen LogP) is 4.28. The van der Waals surface area contributed by atoms with Crippen LogP contribution in [0.5, 0.6) is 5.75 Å². The molecule has 1 aromatic heterocycles. The van der Waals surface area contributed by atoms with Crippen LogP contribution in [0.2, 0.25) is 0 Å². The van der Waals surface area contributed by atoms with Gasteiger partial charge < -0.3 is 30.5 Å². The fourth-order valence-electron chi connectivity index (χ4n) is 3.96. The van der Waals surface area contributed by atoms with Crippen molar-refractivity contribution < 1.29 is 14.7 Å². The van der Waals surface area contributed by atoms with Gasteiger partial charge in [-0.25, -0.2) is 4.98 Å². The molecular formula is C28H27N7O3. The molecule has 0 radical (unpaired) electrons. The van der Waals surface area contributed by atoms with Crippen molar-refractivity contribution in [3.63, 3.8) is 0 Å². The van der Waals surface area contributed by atoms with Crippen molar-refractivity contribution in [1.82, 2.24) is 9.97 Å². The second kappa shape index (κ2) is 10.8. The Bertz CT molecular complexity index is 1450. The first kappa shape index (κ1) is 25.8. The molecule has 0 unspecified atom stereocenters. The van der Waals surface area contributed by atoms with E-state index in [-0.39, 0.29) is 17.1 Å². The van der Waals surface area contributed by atoms with E-state index in [0.717, 1.165) is 28.2 Å². The number of phenols is 1. The second-order valence-corrected chi connectivity index (χ2v) is 8.94. The minimum atomic E-state index is -0.961. The van der Waals surface area contributed by atoms with E-state index in [0.29, 0.717) is 23.5 Å². The summed E-state index contributed by atoms with van der Waals surface area (Å²) < 4.78 is 0. The first-order valence-electron chi connectivity index (χ1n) is 11.7. The normalized spacial score (nSPS) is 10.4. The summed E-state index contributed by atoms with van der Waals surface area (Å²) in [6.45, 7) is 0. The largest absolute Gasteiger partial charge is 0.504 e. The topological polar surface area (TPSA) is 137 Å². The van der Waals surface area contributed by atoms with Crippen molar-refractivity contribution in [3.05, 3.63) is 60.7 Å². The van der Waals surface area contributed by atoms with E-state index in [9.17, 15) is 14.7 Å². The van der Waals surface area contributed by atoms with Crippen LogP contribution in [-0.2, 0) is 9.59 Å². The van der Waals surface area contributed by atoms with E-state index in [4.69, 9.17) is 10.2 Å². The maximum Gasteiger partial charge on any atom is 0.326 e. The molecule has 0 spiro atoms. The molecule has 0 aliphatic carbocycles. The third-order valence-electron chi connectivity index (χ3n) is 5.98. The fourth-order valence-corrected chi connectivity index (χ4v) is 3.96. The molecule has 0 saturated heterocycles. The van der Waals surface area contributed by atoms with Crippen molar-refractivity contribution in [2.45, 2.75) is 0 Å². The number of hydrogen-bond donors (Lipinski definition) is 4. The SMILES string of the molecule is CN(C)c1ccc(-c2nc(-c3cc(NC=O)c(O)c(NC(=O)C#N)c3)[nH]c2-c2ccc(N(C)C)cc2)cc1. The van der Waals surface area contributed by atoms with Crippen LogP contribution >= 0.6 is 0 Å². The van der Waals surface area contributed by atoms with Crippen LogP contribution in [-0.4, -0.2) is 55.6 Å². The van der Waals surface area contributed by atoms with Gasteiger partial charge in [0.25, 0.3) is 0 Å². The number of hydrogen-bond acceptors (Lipinski definition) is 7. The minimum absolute atomic E-state index is 0.0384. The maximum absolute atomic E-state index is 11.7. The van der Waals surface area contributed by atoms with Gasteiger partial charge in [-0.15, -0.1) is 0 Å². The van der Waals surface area contributed by atoms with Crippen molar-refractivity contribution >= 4 is 35.1 Å². The lowest BCUT2D eigenvalue weighted by Gasteiger charge is -2.13. The zero-order valence-electron chi connectivity index (χ0n) is 21.4. The molecule has 0 bridgehead atoms. The first-order chi connectivity index (χ1) is 18.2. The van der Waals surface area contributed by atoms with E-state index in [2.05, 4.69) is 15.6 Å². The Morgan fingerprint density at radius 2 is 1.47 bits per heavy atom. The smallest absolute Gasteiger partial charge is 0.326 e. The molecule has 0 fully saturated rings. The summed E-state index contributed by atoms with van der Waals surface area (Å²) in [4.78, 5) is 35.1. The van der Waals surface area contributed by atoms with Crippen LogP contribution in [0.1, 0.15) is 0 Å². The number of phenolic OH excluding ortho intramolecular Hbond substituents is 1. The van der Waals surface area contributed by atoms with Gasteiger partial charge in [-0.3, -0.25) is 9.59 Å². The number of imidazole rings is 1. The van der Waals surface area contributed by atoms with Gasteiger partial charge in [0.05, 0.1) is 22.8 Å². The number of benzene rings is 3. The highest BCUT2D eigenvalue weighted by Crippen LogP contribution is 2.39. The van der Waals surface area contributed by atoms with Gasteiger partial charge in [0.15, 0.2) is 11.8 Å². The Balaban J connectivity index is 1.89. The molecule has 10 heteroatoms.